The summed E-state index contributed by atoms with van der Waals surface area (Å²) < 4.78 is 0. The number of hydrogen-bond acceptors (Lipinski definition) is 6. The zero-order chi connectivity index (χ0) is 24.8. The van der Waals surface area contributed by atoms with Gasteiger partial charge in [-0.25, -0.2) is 4.79 Å². The first-order valence-corrected chi connectivity index (χ1v) is 11.8. The van der Waals surface area contributed by atoms with Crippen molar-refractivity contribution >= 4 is 23.7 Å². The van der Waals surface area contributed by atoms with Crippen LogP contribution in [0, 0.1) is 5.92 Å². The van der Waals surface area contributed by atoms with E-state index in [9.17, 15) is 29.4 Å². The van der Waals surface area contributed by atoms with E-state index < -0.39 is 30.0 Å². The summed E-state index contributed by atoms with van der Waals surface area (Å²) in [6.07, 6.45) is 2.70. The van der Waals surface area contributed by atoms with Crippen LogP contribution in [0.15, 0.2) is 24.3 Å². The van der Waals surface area contributed by atoms with Gasteiger partial charge in [0.1, 0.15) is 23.9 Å². The van der Waals surface area contributed by atoms with Crippen LogP contribution in [0.5, 0.6) is 5.75 Å². The Morgan fingerprint density at radius 2 is 1.76 bits per heavy atom. The third kappa shape index (κ3) is 6.25. The summed E-state index contributed by atoms with van der Waals surface area (Å²) in [5, 5.41) is 27.6. The van der Waals surface area contributed by atoms with Crippen LogP contribution in [-0.4, -0.2) is 76.1 Å². The smallest absolute Gasteiger partial charge is 0.326 e. The molecule has 0 aromatic heterocycles. The summed E-state index contributed by atoms with van der Waals surface area (Å²) in [5.74, 6) is -2.37. The molecule has 2 fully saturated rings. The molecule has 186 valence electrons. The first-order valence-electron chi connectivity index (χ1n) is 11.8. The molecular weight excluding hydrogens is 440 g/mol. The number of carbonyl (C=O) groups is 4. The molecule has 0 aliphatic carbocycles. The van der Waals surface area contributed by atoms with Gasteiger partial charge in [0.05, 0.1) is 6.04 Å². The number of carboxylic acids is 1. The lowest BCUT2D eigenvalue weighted by Gasteiger charge is -2.31. The highest BCUT2D eigenvalue weighted by Gasteiger charge is 2.40. The lowest BCUT2D eigenvalue weighted by molar-refractivity contribution is -0.145. The maximum Gasteiger partial charge on any atom is 0.326 e. The van der Waals surface area contributed by atoms with Crippen LogP contribution >= 0.6 is 0 Å². The summed E-state index contributed by atoms with van der Waals surface area (Å²) in [6, 6.07) is 3.04. The summed E-state index contributed by atoms with van der Waals surface area (Å²) in [5.41, 5.74) is 0.646. The molecule has 0 radical (unpaired) electrons. The maximum atomic E-state index is 13.4. The standard InChI is InChI=1S/C24H34N4O6/c1-14(2)20(27-21(30)17-5-3-11-25-17)23(32)28-12-4-6-19(28)22(31)26-18(24(33)34)13-15-7-9-16(29)10-8-15/h7-10,14,17-20,25,29H,3-6,11-13H2,1-2H3,(H,26,31)(H,27,30)(H,33,34). The molecule has 2 heterocycles. The molecule has 1 aromatic rings. The van der Waals surface area contributed by atoms with E-state index in [0.29, 0.717) is 24.9 Å². The molecule has 0 spiro atoms. The van der Waals surface area contributed by atoms with Crippen molar-refractivity contribution in [2.45, 2.75) is 70.1 Å². The minimum absolute atomic E-state index is 0.0427. The second-order valence-electron chi connectivity index (χ2n) is 9.34. The van der Waals surface area contributed by atoms with Gasteiger partial charge in [-0.05, 0) is 55.8 Å². The summed E-state index contributed by atoms with van der Waals surface area (Å²) in [7, 11) is 0. The summed E-state index contributed by atoms with van der Waals surface area (Å²) in [6.45, 7) is 4.82. The van der Waals surface area contributed by atoms with Crippen molar-refractivity contribution in [3.63, 3.8) is 0 Å². The van der Waals surface area contributed by atoms with Gasteiger partial charge in [0, 0.05) is 13.0 Å². The third-order valence-electron chi connectivity index (χ3n) is 6.44. The quantitative estimate of drug-likeness (QED) is 0.348. The normalized spacial score (nSPS) is 21.8. The van der Waals surface area contributed by atoms with Crippen LogP contribution in [0.3, 0.4) is 0 Å². The molecule has 10 heteroatoms. The number of likely N-dealkylation sites (tertiary alicyclic amines) is 1. The van der Waals surface area contributed by atoms with E-state index in [2.05, 4.69) is 16.0 Å². The molecule has 2 saturated heterocycles. The number of carbonyl (C=O) groups excluding carboxylic acids is 3. The minimum atomic E-state index is -1.19. The molecule has 4 atom stereocenters. The van der Waals surface area contributed by atoms with Crippen LogP contribution in [0.25, 0.3) is 0 Å². The number of aromatic hydroxyl groups is 1. The van der Waals surface area contributed by atoms with Gasteiger partial charge in [0.25, 0.3) is 0 Å². The molecule has 0 bridgehead atoms. The Hall–Kier alpha value is -3.14. The predicted molar refractivity (Wildman–Crippen MR) is 124 cm³/mol. The number of nitrogens with one attached hydrogen (secondary N) is 3. The van der Waals surface area contributed by atoms with E-state index >= 15 is 0 Å². The molecule has 2 aliphatic heterocycles. The Labute approximate surface area is 199 Å². The average Bonchev–Trinajstić information content (AvgIpc) is 3.50. The maximum absolute atomic E-state index is 13.4. The van der Waals surface area contributed by atoms with E-state index in [1.54, 1.807) is 12.1 Å². The summed E-state index contributed by atoms with van der Waals surface area (Å²) in [4.78, 5) is 52.3. The van der Waals surface area contributed by atoms with Gasteiger partial charge >= 0.3 is 5.97 Å². The van der Waals surface area contributed by atoms with Crippen LogP contribution in [0.2, 0.25) is 0 Å². The van der Waals surface area contributed by atoms with Crippen molar-refractivity contribution in [1.82, 2.24) is 20.9 Å². The molecule has 5 N–H and O–H groups in total. The van der Waals surface area contributed by atoms with Gasteiger partial charge in [-0.15, -0.1) is 0 Å². The van der Waals surface area contributed by atoms with E-state index in [1.807, 2.05) is 13.8 Å². The highest BCUT2D eigenvalue weighted by atomic mass is 16.4. The van der Waals surface area contributed by atoms with Gasteiger partial charge in [0.2, 0.25) is 17.7 Å². The Kier molecular flexibility index (Phi) is 8.49. The third-order valence-corrected chi connectivity index (χ3v) is 6.44. The van der Waals surface area contributed by atoms with E-state index in [4.69, 9.17) is 0 Å². The van der Waals surface area contributed by atoms with Gasteiger partial charge < -0.3 is 31.1 Å². The second kappa shape index (κ2) is 11.3. The number of rotatable bonds is 9. The van der Waals surface area contributed by atoms with Gasteiger partial charge in [-0.2, -0.15) is 0 Å². The lowest BCUT2D eigenvalue weighted by Crippen LogP contribution is -2.58. The molecule has 34 heavy (non-hydrogen) atoms. The summed E-state index contributed by atoms with van der Waals surface area (Å²) >= 11 is 0. The fourth-order valence-electron chi connectivity index (χ4n) is 4.49. The molecule has 10 nitrogen and oxygen atoms in total. The number of benzene rings is 1. The molecule has 2 aliphatic rings. The monoisotopic (exact) mass is 474 g/mol. The van der Waals surface area contributed by atoms with Crippen molar-refractivity contribution in [3.05, 3.63) is 29.8 Å². The lowest BCUT2D eigenvalue weighted by atomic mass is 10.0. The molecule has 3 rings (SSSR count). The van der Waals surface area contributed by atoms with Crippen LogP contribution in [0.1, 0.15) is 45.1 Å². The van der Waals surface area contributed by atoms with Crippen molar-refractivity contribution in [2.24, 2.45) is 5.92 Å². The van der Waals surface area contributed by atoms with Crippen molar-refractivity contribution in [3.8, 4) is 5.75 Å². The fourth-order valence-corrected chi connectivity index (χ4v) is 4.49. The molecular formula is C24H34N4O6. The SMILES string of the molecule is CC(C)C(NC(=O)C1CCCN1)C(=O)N1CCCC1C(=O)NC(Cc1ccc(O)cc1)C(=O)O. The number of aliphatic carboxylic acids is 1. The Balaban J connectivity index is 1.67. The van der Waals surface area contributed by atoms with E-state index in [1.165, 1.54) is 17.0 Å². The van der Waals surface area contributed by atoms with Crippen LogP contribution in [0.4, 0.5) is 0 Å². The average molecular weight is 475 g/mol. The van der Waals surface area contributed by atoms with Gasteiger partial charge in [-0.1, -0.05) is 26.0 Å². The van der Waals surface area contributed by atoms with Crippen molar-refractivity contribution < 1.29 is 29.4 Å². The number of hydrogen-bond donors (Lipinski definition) is 5. The van der Waals surface area contributed by atoms with Gasteiger partial charge in [-0.3, -0.25) is 14.4 Å². The topological polar surface area (TPSA) is 148 Å². The zero-order valence-corrected chi connectivity index (χ0v) is 19.6. The van der Waals surface area contributed by atoms with Gasteiger partial charge in [0.15, 0.2) is 0 Å². The number of phenols is 1. The second-order valence-corrected chi connectivity index (χ2v) is 9.34. The van der Waals surface area contributed by atoms with Crippen LogP contribution in [-0.2, 0) is 25.6 Å². The number of amides is 3. The number of nitrogens with zero attached hydrogens (tertiary/aromatic N) is 1. The molecule has 3 amide bonds. The number of carboxylic acid groups (broad SMARTS) is 1. The Morgan fingerprint density at radius 3 is 2.35 bits per heavy atom. The van der Waals surface area contributed by atoms with Crippen LogP contribution < -0.4 is 16.0 Å². The largest absolute Gasteiger partial charge is 0.508 e. The van der Waals surface area contributed by atoms with E-state index in [0.717, 1.165) is 19.4 Å². The highest BCUT2D eigenvalue weighted by molar-refractivity contribution is 5.94. The zero-order valence-electron chi connectivity index (χ0n) is 19.6. The Morgan fingerprint density at radius 1 is 1.06 bits per heavy atom. The first-order chi connectivity index (χ1) is 16.2. The molecule has 0 saturated carbocycles. The fraction of sp³-hybridized carbons (Fsp3) is 0.583. The molecule has 1 aromatic carbocycles. The minimum Gasteiger partial charge on any atom is -0.508 e. The first kappa shape index (κ1) is 25.5. The highest BCUT2D eigenvalue weighted by Crippen LogP contribution is 2.21. The molecule has 4 unspecified atom stereocenters. The van der Waals surface area contributed by atoms with Crippen molar-refractivity contribution in [1.29, 1.82) is 0 Å². The van der Waals surface area contributed by atoms with E-state index in [-0.39, 0.29) is 35.9 Å². The Bertz CT molecular complexity index is 897. The predicted octanol–water partition coefficient (Wildman–Crippen LogP) is 0.388. The number of phenolic OH excluding ortho intramolecular Hbond substituents is 1. The van der Waals surface area contributed by atoms with Crippen molar-refractivity contribution in [2.75, 3.05) is 13.1 Å².